The molecule has 7 heteroatoms. The number of carbonyl (C=O) groups is 1. The smallest absolute Gasteiger partial charge is 0.335 e. The van der Waals surface area contributed by atoms with Crippen LogP contribution in [0.2, 0.25) is 0 Å². The lowest BCUT2D eigenvalue weighted by molar-refractivity contribution is 0.0697. The second-order valence-electron chi connectivity index (χ2n) is 5.31. The maximum absolute atomic E-state index is 11.4. The zero-order valence-electron chi connectivity index (χ0n) is 12.9. The maximum atomic E-state index is 11.4. The molecule has 0 radical (unpaired) electrons. The van der Waals surface area contributed by atoms with Gasteiger partial charge in [-0.2, -0.15) is 4.68 Å². The molecule has 1 aromatic heterocycles. The van der Waals surface area contributed by atoms with E-state index >= 15 is 0 Å². The summed E-state index contributed by atoms with van der Waals surface area (Å²) in [5.74, 6) is -0.963. The summed E-state index contributed by atoms with van der Waals surface area (Å²) in [5, 5.41) is 23.6. The van der Waals surface area contributed by atoms with Crippen LogP contribution in [0, 0.1) is 0 Å². The minimum atomic E-state index is -0.963. The van der Waals surface area contributed by atoms with Crippen LogP contribution in [0.15, 0.2) is 76.8 Å². The molecule has 4 aromatic rings. The van der Waals surface area contributed by atoms with Gasteiger partial charge < -0.3 is 5.11 Å². The maximum Gasteiger partial charge on any atom is 0.335 e. The summed E-state index contributed by atoms with van der Waals surface area (Å²) in [7, 11) is 0. The van der Waals surface area contributed by atoms with Crippen molar-refractivity contribution in [3.63, 3.8) is 0 Å². The fourth-order valence-electron chi connectivity index (χ4n) is 2.56. The Morgan fingerprint density at radius 3 is 2.56 bits per heavy atom. The van der Waals surface area contributed by atoms with E-state index in [0.29, 0.717) is 5.16 Å². The first-order valence-corrected chi connectivity index (χ1v) is 8.32. The molecule has 3 aromatic carbocycles. The SMILES string of the molecule is O=C(O)c1cc(Sc2nnnn2-c2ccccc2)c2ccccc2c1. The normalized spacial score (nSPS) is 10.9. The van der Waals surface area contributed by atoms with E-state index in [0.717, 1.165) is 21.4 Å². The van der Waals surface area contributed by atoms with Gasteiger partial charge in [0.2, 0.25) is 5.16 Å². The molecule has 0 bridgehead atoms. The largest absolute Gasteiger partial charge is 0.478 e. The lowest BCUT2D eigenvalue weighted by atomic mass is 10.1. The van der Waals surface area contributed by atoms with E-state index in [-0.39, 0.29) is 5.56 Å². The van der Waals surface area contributed by atoms with Gasteiger partial charge in [-0.15, -0.1) is 5.10 Å². The lowest BCUT2D eigenvalue weighted by Crippen LogP contribution is -1.99. The third kappa shape index (κ3) is 2.97. The standard InChI is InChI=1S/C18H12N4O2S/c23-17(24)13-10-12-6-4-5-9-15(12)16(11-13)25-18-19-20-21-22(18)14-7-2-1-3-8-14/h1-11H,(H,23,24). The lowest BCUT2D eigenvalue weighted by Gasteiger charge is -2.08. The van der Waals surface area contributed by atoms with Crippen LogP contribution in [0.1, 0.15) is 10.4 Å². The third-order valence-corrected chi connectivity index (χ3v) is 4.71. The number of para-hydroxylation sites is 1. The van der Waals surface area contributed by atoms with E-state index in [1.165, 1.54) is 11.8 Å². The van der Waals surface area contributed by atoms with Crippen molar-refractivity contribution in [1.29, 1.82) is 0 Å². The average molecular weight is 348 g/mol. The minimum absolute atomic E-state index is 0.236. The molecule has 0 unspecified atom stereocenters. The summed E-state index contributed by atoms with van der Waals surface area (Å²) < 4.78 is 1.63. The molecule has 0 aliphatic rings. The molecule has 0 saturated carbocycles. The first-order valence-electron chi connectivity index (χ1n) is 7.50. The molecule has 25 heavy (non-hydrogen) atoms. The van der Waals surface area contributed by atoms with E-state index in [1.54, 1.807) is 16.8 Å². The van der Waals surface area contributed by atoms with E-state index in [9.17, 15) is 9.90 Å². The van der Waals surface area contributed by atoms with Crippen molar-refractivity contribution < 1.29 is 9.90 Å². The Morgan fingerprint density at radius 1 is 1.00 bits per heavy atom. The minimum Gasteiger partial charge on any atom is -0.478 e. The van der Waals surface area contributed by atoms with Gasteiger partial charge >= 0.3 is 5.97 Å². The summed E-state index contributed by atoms with van der Waals surface area (Å²) in [6.07, 6.45) is 0. The predicted octanol–water partition coefficient (Wildman–Crippen LogP) is 3.66. The van der Waals surface area contributed by atoms with Crippen molar-refractivity contribution in [2.75, 3.05) is 0 Å². The summed E-state index contributed by atoms with van der Waals surface area (Å²) in [6, 6.07) is 20.5. The van der Waals surface area contributed by atoms with Crippen molar-refractivity contribution in [3.8, 4) is 5.69 Å². The second-order valence-corrected chi connectivity index (χ2v) is 6.32. The topological polar surface area (TPSA) is 80.9 Å². The third-order valence-electron chi connectivity index (χ3n) is 3.71. The summed E-state index contributed by atoms with van der Waals surface area (Å²) in [5.41, 5.74) is 1.08. The first-order chi connectivity index (χ1) is 12.2. The van der Waals surface area contributed by atoms with Crippen LogP contribution in [0.25, 0.3) is 16.5 Å². The number of hydrogen-bond donors (Lipinski definition) is 1. The van der Waals surface area contributed by atoms with Crippen LogP contribution in [0.4, 0.5) is 0 Å². The fourth-order valence-corrected chi connectivity index (χ4v) is 3.54. The monoisotopic (exact) mass is 348 g/mol. The highest BCUT2D eigenvalue weighted by molar-refractivity contribution is 7.99. The summed E-state index contributed by atoms with van der Waals surface area (Å²) in [6.45, 7) is 0. The van der Waals surface area contributed by atoms with Gasteiger partial charge in [0.25, 0.3) is 0 Å². The molecule has 4 rings (SSSR count). The van der Waals surface area contributed by atoms with E-state index in [1.807, 2.05) is 54.6 Å². The number of benzene rings is 3. The van der Waals surface area contributed by atoms with Gasteiger partial charge in [0, 0.05) is 4.90 Å². The van der Waals surface area contributed by atoms with Crippen LogP contribution < -0.4 is 0 Å². The average Bonchev–Trinajstić information content (AvgIpc) is 3.10. The Balaban J connectivity index is 1.82. The number of aromatic nitrogens is 4. The molecule has 0 aliphatic carbocycles. The van der Waals surface area contributed by atoms with E-state index in [2.05, 4.69) is 15.5 Å². The van der Waals surface area contributed by atoms with Crippen LogP contribution in [-0.2, 0) is 0 Å². The van der Waals surface area contributed by atoms with Crippen LogP contribution in [0.3, 0.4) is 0 Å². The number of nitrogens with zero attached hydrogens (tertiary/aromatic N) is 4. The Morgan fingerprint density at radius 2 is 1.76 bits per heavy atom. The fraction of sp³-hybridized carbons (Fsp3) is 0. The van der Waals surface area contributed by atoms with Crippen molar-refractivity contribution in [3.05, 3.63) is 72.3 Å². The van der Waals surface area contributed by atoms with Crippen LogP contribution in [0.5, 0.6) is 0 Å². The highest BCUT2D eigenvalue weighted by Crippen LogP contribution is 2.34. The Labute approximate surface area is 147 Å². The number of hydrogen-bond acceptors (Lipinski definition) is 5. The van der Waals surface area contributed by atoms with Crippen molar-refractivity contribution >= 4 is 28.5 Å². The van der Waals surface area contributed by atoms with Crippen molar-refractivity contribution in [1.82, 2.24) is 20.2 Å². The van der Waals surface area contributed by atoms with E-state index in [4.69, 9.17) is 0 Å². The molecular formula is C18H12N4O2S. The van der Waals surface area contributed by atoms with Gasteiger partial charge in [-0.3, -0.25) is 0 Å². The van der Waals surface area contributed by atoms with Gasteiger partial charge in [0.15, 0.2) is 0 Å². The van der Waals surface area contributed by atoms with Crippen molar-refractivity contribution in [2.45, 2.75) is 10.1 Å². The molecule has 1 heterocycles. The molecule has 0 spiro atoms. The first kappa shape index (κ1) is 15.3. The highest BCUT2D eigenvalue weighted by atomic mass is 32.2. The zero-order valence-corrected chi connectivity index (χ0v) is 13.7. The molecule has 0 atom stereocenters. The zero-order chi connectivity index (χ0) is 17.2. The molecule has 0 aliphatic heterocycles. The highest BCUT2D eigenvalue weighted by Gasteiger charge is 2.14. The molecule has 6 nitrogen and oxygen atoms in total. The molecule has 1 N–H and O–H groups in total. The number of aromatic carboxylic acids is 1. The Bertz CT molecular complexity index is 1060. The number of carboxylic acid groups (broad SMARTS) is 1. The summed E-state index contributed by atoms with van der Waals surface area (Å²) >= 11 is 1.34. The van der Waals surface area contributed by atoms with Crippen LogP contribution in [-0.4, -0.2) is 31.3 Å². The quantitative estimate of drug-likeness (QED) is 0.606. The van der Waals surface area contributed by atoms with Gasteiger partial charge in [-0.25, -0.2) is 4.79 Å². The van der Waals surface area contributed by atoms with Gasteiger partial charge in [-0.1, -0.05) is 42.5 Å². The number of rotatable bonds is 4. The van der Waals surface area contributed by atoms with Gasteiger partial charge in [0.1, 0.15) is 0 Å². The summed E-state index contributed by atoms with van der Waals surface area (Å²) in [4.78, 5) is 12.2. The van der Waals surface area contributed by atoms with Crippen LogP contribution >= 0.6 is 11.8 Å². The number of carboxylic acids is 1. The Kier molecular flexibility index (Phi) is 3.91. The van der Waals surface area contributed by atoms with Crippen molar-refractivity contribution in [2.24, 2.45) is 0 Å². The number of tetrazole rings is 1. The number of fused-ring (bicyclic) bond motifs is 1. The Hall–Kier alpha value is -3.19. The predicted molar refractivity (Wildman–Crippen MR) is 94.2 cm³/mol. The molecule has 0 saturated heterocycles. The molecule has 122 valence electrons. The second kappa shape index (κ2) is 6.37. The molecule has 0 fully saturated rings. The van der Waals surface area contributed by atoms with Gasteiger partial charge in [-0.05, 0) is 57.2 Å². The molecular weight excluding hydrogens is 336 g/mol. The molecule has 0 amide bonds. The van der Waals surface area contributed by atoms with E-state index < -0.39 is 5.97 Å². The van der Waals surface area contributed by atoms with Gasteiger partial charge in [0.05, 0.1) is 11.3 Å².